The maximum absolute atomic E-state index is 11.8. The van der Waals surface area contributed by atoms with Crippen molar-refractivity contribution in [1.82, 2.24) is 10.6 Å². The Morgan fingerprint density at radius 2 is 2.06 bits per heavy atom. The highest BCUT2D eigenvalue weighted by Crippen LogP contribution is 2.12. The van der Waals surface area contributed by atoms with E-state index in [2.05, 4.69) is 23.3 Å². The standard InChI is InChI=1S/C12H14N2O2S2/c1-2-13-11(16)10(14-12(17)18)7-8-3-5-9(15)6-4-8/h3-7,15H,2H2,1H3,(H,13,16)(H2,14,17,18)/b10-7+. The van der Waals surface area contributed by atoms with Gasteiger partial charge in [0.05, 0.1) is 0 Å². The molecule has 6 heteroatoms. The highest BCUT2D eigenvalue weighted by molar-refractivity contribution is 8.11. The molecule has 0 radical (unpaired) electrons. The second-order valence-corrected chi connectivity index (χ2v) is 4.60. The molecule has 1 aromatic carbocycles. The molecule has 18 heavy (non-hydrogen) atoms. The van der Waals surface area contributed by atoms with Crippen LogP contribution >= 0.6 is 24.8 Å². The molecule has 96 valence electrons. The fourth-order valence-corrected chi connectivity index (χ4v) is 1.50. The van der Waals surface area contributed by atoms with E-state index in [0.717, 1.165) is 5.56 Å². The fourth-order valence-electron chi connectivity index (χ4n) is 1.27. The molecular formula is C12H14N2O2S2. The van der Waals surface area contributed by atoms with Gasteiger partial charge in [-0.3, -0.25) is 4.79 Å². The molecule has 0 aliphatic heterocycles. The number of benzene rings is 1. The van der Waals surface area contributed by atoms with Gasteiger partial charge in [-0.05, 0) is 30.7 Å². The van der Waals surface area contributed by atoms with Crippen LogP contribution in [0, 0.1) is 0 Å². The second kappa shape index (κ2) is 7.03. The number of aromatic hydroxyl groups is 1. The van der Waals surface area contributed by atoms with Crippen LogP contribution in [0.2, 0.25) is 0 Å². The van der Waals surface area contributed by atoms with Crippen molar-refractivity contribution in [3.63, 3.8) is 0 Å². The molecule has 0 fully saturated rings. The van der Waals surface area contributed by atoms with E-state index in [1.54, 1.807) is 30.3 Å². The Bertz CT molecular complexity index is 469. The third-order valence-corrected chi connectivity index (χ3v) is 2.24. The Balaban J connectivity index is 2.97. The fraction of sp³-hybridized carbons (Fsp3) is 0.167. The van der Waals surface area contributed by atoms with Crippen molar-refractivity contribution < 1.29 is 9.90 Å². The molecule has 0 aliphatic carbocycles. The Kier molecular flexibility index (Phi) is 5.67. The Morgan fingerprint density at radius 1 is 1.44 bits per heavy atom. The number of likely N-dealkylation sites (N-methyl/N-ethyl adjacent to an activating group) is 1. The van der Waals surface area contributed by atoms with E-state index < -0.39 is 0 Å². The molecule has 4 nitrogen and oxygen atoms in total. The number of rotatable bonds is 4. The molecule has 0 atom stereocenters. The monoisotopic (exact) mass is 282 g/mol. The maximum Gasteiger partial charge on any atom is 0.267 e. The number of hydrogen-bond donors (Lipinski definition) is 4. The number of phenols is 1. The topological polar surface area (TPSA) is 61.4 Å². The molecule has 3 N–H and O–H groups in total. The van der Waals surface area contributed by atoms with E-state index in [-0.39, 0.29) is 16.0 Å². The molecule has 0 aliphatic rings. The summed E-state index contributed by atoms with van der Waals surface area (Å²) < 4.78 is 0.214. The predicted octanol–water partition coefficient (Wildman–Crippen LogP) is 1.67. The molecule has 1 rings (SSSR count). The average Bonchev–Trinajstić information content (AvgIpc) is 2.31. The van der Waals surface area contributed by atoms with Crippen LogP contribution in [-0.4, -0.2) is 21.9 Å². The van der Waals surface area contributed by atoms with Crippen molar-refractivity contribution in [2.24, 2.45) is 0 Å². The van der Waals surface area contributed by atoms with Gasteiger partial charge in [-0.2, -0.15) is 0 Å². The van der Waals surface area contributed by atoms with Gasteiger partial charge in [-0.25, -0.2) is 0 Å². The van der Waals surface area contributed by atoms with Gasteiger partial charge >= 0.3 is 0 Å². The van der Waals surface area contributed by atoms with Gasteiger partial charge in [0.1, 0.15) is 15.8 Å². The van der Waals surface area contributed by atoms with E-state index >= 15 is 0 Å². The summed E-state index contributed by atoms with van der Waals surface area (Å²) in [5.74, 6) is -0.0913. The van der Waals surface area contributed by atoms with Gasteiger partial charge in [0, 0.05) is 6.54 Å². The summed E-state index contributed by atoms with van der Waals surface area (Å²) in [4.78, 5) is 11.8. The van der Waals surface area contributed by atoms with Crippen molar-refractivity contribution in [2.75, 3.05) is 6.54 Å². The SMILES string of the molecule is CCNC(=O)/C(=C\c1ccc(O)cc1)NC(=S)S. The lowest BCUT2D eigenvalue weighted by atomic mass is 10.2. The van der Waals surface area contributed by atoms with Crippen LogP contribution in [-0.2, 0) is 4.79 Å². The number of carbonyl (C=O) groups excluding carboxylic acids is 1. The molecule has 1 aromatic rings. The number of carbonyl (C=O) groups is 1. The van der Waals surface area contributed by atoms with E-state index in [4.69, 9.17) is 12.2 Å². The quantitative estimate of drug-likeness (QED) is 0.385. The first-order valence-corrected chi connectivity index (χ1v) is 6.17. The van der Waals surface area contributed by atoms with Crippen LogP contribution in [0.3, 0.4) is 0 Å². The summed E-state index contributed by atoms with van der Waals surface area (Å²) >= 11 is 8.75. The Labute approximate surface area is 117 Å². The van der Waals surface area contributed by atoms with E-state index in [0.29, 0.717) is 12.2 Å². The first-order valence-electron chi connectivity index (χ1n) is 5.31. The number of nitrogens with one attached hydrogen (secondary N) is 2. The minimum absolute atomic E-state index is 0.171. The summed E-state index contributed by atoms with van der Waals surface area (Å²) in [5.41, 5.74) is 1.08. The van der Waals surface area contributed by atoms with Gasteiger partial charge < -0.3 is 15.7 Å². The van der Waals surface area contributed by atoms with Gasteiger partial charge in [-0.1, -0.05) is 24.4 Å². The summed E-state index contributed by atoms with van der Waals surface area (Å²) in [6, 6.07) is 6.47. The van der Waals surface area contributed by atoms with E-state index in [9.17, 15) is 9.90 Å². The van der Waals surface area contributed by atoms with Crippen LogP contribution in [0.15, 0.2) is 30.0 Å². The van der Waals surface area contributed by atoms with Crippen molar-refractivity contribution in [3.05, 3.63) is 35.5 Å². The first-order chi connectivity index (χ1) is 8.52. The van der Waals surface area contributed by atoms with Crippen LogP contribution in [0.25, 0.3) is 6.08 Å². The minimum Gasteiger partial charge on any atom is -0.508 e. The molecule has 0 bridgehead atoms. The molecule has 0 saturated carbocycles. The largest absolute Gasteiger partial charge is 0.508 e. The van der Waals surface area contributed by atoms with Crippen molar-refractivity contribution in [2.45, 2.75) is 6.92 Å². The van der Waals surface area contributed by atoms with Gasteiger partial charge in [0.2, 0.25) is 0 Å². The molecule has 0 unspecified atom stereocenters. The molecular weight excluding hydrogens is 268 g/mol. The number of phenolic OH excluding ortho intramolecular Hbond substituents is 1. The van der Waals surface area contributed by atoms with Gasteiger partial charge in [-0.15, -0.1) is 12.6 Å². The lowest BCUT2D eigenvalue weighted by Crippen LogP contribution is -2.32. The highest BCUT2D eigenvalue weighted by Gasteiger charge is 2.08. The lowest BCUT2D eigenvalue weighted by molar-refractivity contribution is -0.117. The van der Waals surface area contributed by atoms with Gasteiger partial charge in [0.15, 0.2) is 0 Å². The summed E-state index contributed by atoms with van der Waals surface area (Å²) in [7, 11) is 0. The predicted molar refractivity (Wildman–Crippen MR) is 79.5 cm³/mol. The van der Waals surface area contributed by atoms with Crippen LogP contribution in [0.5, 0.6) is 5.75 Å². The number of amides is 1. The zero-order valence-corrected chi connectivity index (χ0v) is 11.5. The first kappa shape index (κ1) is 14.5. The third-order valence-electron chi connectivity index (χ3n) is 2.03. The zero-order valence-electron chi connectivity index (χ0n) is 9.80. The van der Waals surface area contributed by atoms with Crippen LogP contribution in [0.1, 0.15) is 12.5 Å². The summed E-state index contributed by atoms with van der Waals surface area (Å²) in [6.45, 7) is 2.35. The summed E-state index contributed by atoms with van der Waals surface area (Å²) in [6.07, 6.45) is 1.63. The normalized spacial score (nSPS) is 10.9. The molecule has 0 saturated heterocycles. The number of thiocarbonyl (C=S) groups is 1. The molecule has 1 amide bonds. The zero-order chi connectivity index (χ0) is 13.5. The molecule has 0 aromatic heterocycles. The Hall–Kier alpha value is -1.53. The van der Waals surface area contributed by atoms with Crippen LogP contribution < -0.4 is 10.6 Å². The number of hydrogen-bond acceptors (Lipinski definition) is 3. The average molecular weight is 282 g/mol. The molecule has 0 spiro atoms. The van der Waals surface area contributed by atoms with Gasteiger partial charge in [0.25, 0.3) is 5.91 Å². The minimum atomic E-state index is -0.262. The van der Waals surface area contributed by atoms with Crippen LogP contribution in [0.4, 0.5) is 0 Å². The number of thiol groups is 1. The van der Waals surface area contributed by atoms with E-state index in [1.807, 2.05) is 6.92 Å². The smallest absolute Gasteiger partial charge is 0.267 e. The van der Waals surface area contributed by atoms with Crippen molar-refractivity contribution in [3.8, 4) is 5.75 Å². The summed E-state index contributed by atoms with van der Waals surface area (Å²) in [5, 5.41) is 14.6. The molecule has 0 heterocycles. The third kappa shape index (κ3) is 4.77. The highest BCUT2D eigenvalue weighted by atomic mass is 32.1. The van der Waals surface area contributed by atoms with Crippen molar-refractivity contribution in [1.29, 1.82) is 0 Å². The lowest BCUT2D eigenvalue weighted by Gasteiger charge is -2.09. The second-order valence-electron chi connectivity index (χ2n) is 3.44. The van der Waals surface area contributed by atoms with E-state index in [1.165, 1.54) is 0 Å². The Morgan fingerprint density at radius 3 is 2.56 bits per heavy atom. The van der Waals surface area contributed by atoms with Crippen molar-refractivity contribution >= 4 is 41.2 Å². The maximum atomic E-state index is 11.8.